The van der Waals surface area contributed by atoms with Gasteiger partial charge >= 0.3 is 0 Å². The molecule has 2 heterocycles. The molecule has 0 aliphatic carbocycles. The van der Waals surface area contributed by atoms with Gasteiger partial charge in [0.25, 0.3) is 0 Å². The van der Waals surface area contributed by atoms with Crippen molar-refractivity contribution in [2.45, 2.75) is 6.92 Å². The normalized spacial score (nSPS) is 10.6. The second-order valence-corrected chi connectivity index (χ2v) is 3.27. The van der Waals surface area contributed by atoms with Crippen molar-refractivity contribution < 1.29 is 0 Å². The largest absolute Gasteiger partial charge is 0.224 e. The van der Waals surface area contributed by atoms with Crippen LogP contribution in [0.4, 0.5) is 5.82 Å². The van der Waals surface area contributed by atoms with E-state index >= 15 is 0 Å². The van der Waals surface area contributed by atoms with E-state index in [0.717, 1.165) is 5.82 Å². The molecule has 0 bridgehead atoms. The molecule has 0 N–H and O–H groups in total. The van der Waals surface area contributed by atoms with Gasteiger partial charge in [0.05, 0.1) is 0 Å². The molecule has 0 radical (unpaired) electrons. The molecule has 0 atom stereocenters. The smallest absolute Gasteiger partial charge is 0.155 e. The van der Waals surface area contributed by atoms with E-state index in [0.29, 0.717) is 5.82 Å². The first-order chi connectivity index (χ1) is 8.35. The van der Waals surface area contributed by atoms with Gasteiger partial charge in [0.2, 0.25) is 0 Å². The van der Waals surface area contributed by atoms with Crippen LogP contribution in [0.5, 0.6) is 0 Å². The quantitative estimate of drug-likeness (QED) is 0.594. The average molecular weight is 227 g/mol. The van der Waals surface area contributed by atoms with Crippen molar-refractivity contribution >= 4 is 12.5 Å². The van der Waals surface area contributed by atoms with Crippen molar-refractivity contribution in [3.8, 4) is 5.82 Å². The minimum Gasteiger partial charge on any atom is -0.224 e. The summed E-state index contributed by atoms with van der Waals surface area (Å²) in [6.07, 6.45) is 7.22. The SMILES string of the molecule is C=NN(/C=C\C)c1cccc(-n2cccn2)n1. The van der Waals surface area contributed by atoms with Crippen LogP contribution < -0.4 is 5.01 Å². The van der Waals surface area contributed by atoms with Gasteiger partial charge in [0, 0.05) is 25.3 Å². The zero-order valence-electron chi connectivity index (χ0n) is 9.56. The van der Waals surface area contributed by atoms with Crippen molar-refractivity contribution in [1.29, 1.82) is 0 Å². The monoisotopic (exact) mass is 227 g/mol. The Kier molecular flexibility index (Phi) is 3.30. The zero-order chi connectivity index (χ0) is 12.1. The molecule has 86 valence electrons. The zero-order valence-corrected chi connectivity index (χ0v) is 9.56. The van der Waals surface area contributed by atoms with Gasteiger partial charge in [-0.1, -0.05) is 12.1 Å². The third-order valence-corrected chi connectivity index (χ3v) is 2.14. The maximum Gasteiger partial charge on any atom is 0.155 e. The summed E-state index contributed by atoms with van der Waals surface area (Å²) >= 11 is 0. The summed E-state index contributed by atoms with van der Waals surface area (Å²) in [7, 11) is 0. The summed E-state index contributed by atoms with van der Waals surface area (Å²) in [4.78, 5) is 4.45. The second-order valence-electron chi connectivity index (χ2n) is 3.27. The molecule has 5 nitrogen and oxygen atoms in total. The lowest BCUT2D eigenvalue weighted by Crippen LogP contribution is -2.09. The molecule has 2 aromatic rings. The molecular weight excluding hydrogens is 214 g/mol. The number of hydrogen-bond acceptors (Lipinski definition) is 4. The predicted octanol–water partition coefficient (Wildman–Crippen LogP) is 2.22. The molecule has 17 heavy (non-hydrogen) atoms. The Hall–Kier alpha value is -2.43. The Bertz CT molecular complexity index is 515. The predicted molar refractivity (Wildman–Crippen MR) is 68.2 cm³/mol. The van der Waals surface area contributed by atoms with Crippen molar-refractivity contribution in [2.75, 3.05) is 5.01 Å². The molecule has 2 aromatic heterocycles. The third kappa shape index (κ3) is 2.39. The van der Waals surface area contributed by atoms with E-state index in [2.05, 4.69) is 21.9 Å². The Balaban J connectivity index is 2.37. The van der Waals surface area contributed by atoms with Crippen LogP contribution in [-0.4, -0.2) is 21.5 Å². The molecule has 0 aliphatic heterocycles. The molecule has 0 spiro atoms. The Labute approximate surface area is 99.7 Å². The number of hydrazone groups is 1. The second kappa shape index (κ2) is 5.07. The number of aromatic nitrogens is 3. The number of hydrogen-bond donors (Lipinski definition) is 0. The van der Waals surface area contributed by atoms with Gasteiger partial charge in [0.15, 0.2) is 11.6 Å². The van der Waals surface area contributed by atoms with Crippen molar-refractivity contribution in [3.63, 3.8) is 0 Å². The van der Waals surface area contributed by atoms with Crippen LogP contribution >= 0.6 is 0 Å². The molecule has 0 amide bonds. The van der Waals surface area contributed by atoms with Gasteiger partial charge in [-0.2, -0.15) is 10.2 Å². The van der Waals surface area contributed by atoms with Crippen LogP contribution in [0.25, 0.3) is 5.82 Å². The molecule has 0 unspecified atom stereocenters. The van der Waals surface area contributed by atoms with E-state index in [1.807, 2.05) is 43.5 Å². The molecule has 0 saturated heterocycles. The molecule has 0 aromatic carbocycles. The van der Waals surface area contributed by atoms with E-state index in [1.165, 1.54) is 0 Å². The van der Waals surface area contributed by atoms with Crippen LogP contribution in [0.15, 0.2) is 54.0 Å². The molecule has 2 rings (SSSR count). The standard InChI is InChI=1S/C12H13N5/c1-3-9-16(13-2)11-6-4-7-12(15-11)17-10-5-8-14-17/h3-10H,2H2,1H3/b9-3-. The topological polar surface area (TPSA) is 46.3 Å². The lowest BCUT2D eigenvalue weighted by atomic mass is 10.4. The fraction of sp³-hybridized carbons (Fsp3) is 0.0833. The lowest BCUT2D eigenvalue weighted by Gasteiger charge is -2.12. The average Bonchev–Trinajstić information content (AvgIpc) is 2.90. The Morgan fingerprint density at radius 1 is 1.41 bits per heavy atom. The van der Waals surface area contributed by atoms with Crippen LogP contribution in [0.2, 0.25) is 0 Å². The minimum absolute atomic E-state index is 0.700. The van der Waals surface area contributed by atoms with Gasteiger partial charge in [-0.25, -0.2) is 14.7 Å². The summed E-state index contributed by atoms with van der Waals surface area (Å²) in [5, 5.41) is 9.61. The molecule has 5 heteroatoms. The minimum atomic E-state index is 0.700. The summed E-state index contributed by atoms with van der Waals surface area (Å²) < 4.78 is 1.69. The Morgan fingerprint density at radius 2 is 2.29 bits per heavy atom. The lowest BCUT2D eigenvalue weighted by molar-refractivity contribution is 0.841. The summed E-state index contributed by atoms with van der Waals surface area (Å²) in [6, 6.07) is 7.50. The fourth-order valence-electron chi connectivity index (χ4n) is 1.41. The maximum atomic E-state index is 4.45. The van der Waals surface area contributed by atoms with Crippen molar-refractivity contribution in [3.05, 3.63) is 48.9 Å². The van der Waals surface area contributed by atoms with E-state index in [-0.39, 0.29) is 0 Å². The highest BCUT2D eigenvalue weighted by molar-refractivity contribution is 5.46. The van der Waals surface area contributed by atoms with Gasteiger partial charge in [0.1, 0.15) is 0 Å². The van der Waals surface area contributed by atoms with E-state index in [9.17, 15) is 0 Å². The number of pyridine rings is 1. The highest BCUT2D eigenvalue weighted by Gasteiger charge is 2.04. The number of allylic oxidation sites excluding steroid dienone is 1. The number of rotatable bonds is 4. The van der Waals surface area contributed by atoms with Crippen LogP contribution in [0, 0.1) is 0 Å². The van der Waals surface area contributed by atoms with Gasteiger partial charge in [-0.3, -0.25) is 0 Å². The third-order valence-electron chi connectivity index (χ3n) is 2.14. The van der Waals surface area contributed by atoms with Gasteiger partial charge < -0.3 is 0 Å². The van der Waals surface area contributed by atoms with Crippen molar-refractivity contribution in [2.24, 2.45) is 5.10 Å². The molecule has 0 aliphatic rings. The first-order valence-corrected chi connectivity index (χ1v) is 5.21. The molecular formula is C12H13N5. The molecule has 0 saturated carbocycles. The van der Waals surface area contributed by atoms with Crippen LogP contribution in [0.1, 0.15) is 6.92 Å². The van der Waals surface area contributed by atoms with E-state index < -0.39 is 0 Å². The summed E-state index contributed by atoms with van der Waals surface area (Å²) in [5.41, 5.74) is 0. The van der Waals surface area contributed by atoms with Crippen LogP contribution in [0.3, 0.4) is 0 Å². The van der Waals surface area contributed by atoms with Crippen LogP contribution in [-0.2, 0) is 0 Å². The Morgan fingerprint density at radius 3 is 2.94 bits per heavy atom. The highest BCUT2D eigenvalue weighted by atomic mass is 15.5. The van der Waals surface area contributed by atoms with Gasteiger partial charge in [-0.15, -0.1) is 0 Å². The van der Waals surface area contributed by atoms with Crippen molar-refractivity contribution in [1.82, 2.24) is 14.8 Å². The maximum absolute atomic E-state index is 4.45. The highest BCUT2D eigenvalue weighted by Crippen LogP contribution is 2.14. The van der Waals surface area contributed by atoms with E-state index in [4.69, 9.17) is 0 Å². The molecule has 0 fully saturated rings. The number of anilines is 1. The number of nitrogens with zero attached hydrogens (tertiary/aromatic N) is 5. The first-order valence-electron chi connectivity index (χ1n) is 5.21. The van der Waals surface area contributed by atoms with E-state index in [1.54, 1.807) is 22.1 Å². The first kappa shape index (κ1) is 11.1. The fourth-order valence-corrected chi connectivity index (χ4v) is 1.41. The summed E-state index contributed by atoms with van der Waals surface area (Å²) in [5.74, 6) is 1.44. The summed E-state index contributed by atoms with van der Waals surface area (Å²) in [6.45, 7) is 5.42. The van der Waals surface area contributed by atoms with Gasteiger partial charge in [-0.05, 0) is 25.1 Å².